The van der Waals surface area contributed by atoms with E-state index in [9.17, 15) is 5.11 Å². The van der Waals surface area contributed by atoms with Gasteiger partial charge in [0, 0.05) is 26.3 Å². The zero-order chi connectivity index (χ0) is 12.9. The summed E-state index contributed by atoms with van der Waals surface area (Å²) in [6.45, 7) is 2.59. The van der Waals surface area contributed by atoms with Crippen molar-refractivity contribution in [1.82, 2.24) is 9.55 Å². The van der Waals surface area contributed by atoms with Gasteiger partial charge in [-0.1, -0.05) is 0 Å². The Bertz CT molecular complexity index is 616. The molecule has 0 aliphatic carbocycles. The summed E-state index contributed by atoms with van der Waals surface area (Å²) in [7, 11) is 4.05. The van der Waals surface area contributed by atoms with E-state index >= 15 is 0 Å². The number of benzene rings is 1. The number of nitrogens with zero attached hydrogens (tertiary/aromatic N) is 3. The molecule has 1 aromatic heterocycles. The average Bonchev–Trinajstić information content (AvgIpc) is 2.65. The maximum atomic E-state index is 9.70. The normalized spacial score (nSPS) is 12.6. The van der Waals surface area contributed by atoms with E-state index in [4.69, 9.17) is 0 Å². The van der Waals surface area contributed by atoms with Crippen molar-refractivity contribution in [2.45, 2.75) is 13.5 Å². The minimum Gasteiger partial charge on any atom is -0.492 e. The Hall–Kier alpha value is -2.17. The van der Waals surface area contributed by atoms with E-state index in [0.717, 1.165) is 17.9 Å². The number of aromatic nitrogens is 2. The number of aromatic hydroxyl groups is 1. The third-order valence-electron chi connectivity index (χ3n) is 3.34. The number of hydrogen-bond donors (Lipinski definition) is 2. The molecule has 0 unspecified atom stereocenters. The Morgan fingerprint density at radius 1 is 1.39 bits per heavy atom. The van der Waals surface area contributed by atoms with Crippen LogP contribution in [-0.4, -0.2) is 28.8 Å². The molecule has 5 nitrogen and oxygen atoms in total. The molecule has 1 aromatic carbocycles. The highest BCUT2D eigenvalue weighted by Gasteiger charge is 2.21. The molecule has 3 rings (SSSR count). The second kappa shape index (κ2) is 3.66. The van der Waals surface area contributed by atoms with Crippen molar-refractivity contribution >= 4 is 11.6 Å². The molecule has 2 N–H and O–H groups in total. The molecule has 94 valence electrons. The van der Waals surface area contributed by atoms with Gasteiger partial charge in [0.05, 0.1) is 11.4 Å². The van der Waals surface area contributed by atoms with Crippen LogP contribution in [0.5, 0.6) is 5.88 Å². The maximum Gasteiger partial charge on any atom is 0.234 e. The molecule has 0 amide bonds. The average molecular weight is 244 g/mol. The lowest BCUT2D eigenvalue weighted by atomic mass is 10.1. The molecule has 0 bridgehead atoms. The van der Waals surface area contributed by atoms with Gasteiger partial charge >= 0.3 is 0 Å². The SMILES string of the molecule is Cc1c(O)nc2n1-c1ccc(N(C)C)cc1CN2. The van der Waals surface area contributed by atoms with Gasteiger partial charge in [0.2, 0.25) is 11.8 Å². The van der Waals surface area contributed by atoms with Crippen molar-refractivity contribution in [3.05, 3.63) is 29.5 Å². The zero-order valence-corrected chi connectivity index (χ0v) is 10.7. The Morgan fingerprint density at radius 2 is 2.17 bits per heavy atom. The van der Waals surface area contributed by atoms with Gasteiger partial charge in [-0.15, -0.1) is 0 Å². The lowest BCUT2D eigenvalue weighted by Crippen LogP contribution is -2.17. The molecule has 1 aliphatic heterocycles. The number of anilines is 2. The summed E-state index contributed by atoms with van der Waals surface area (Å²) < 4.78 is 1.95. The van der Waals surface area contributed by atoms with Crippen molar-refractivity contribution < 1.29 is 5.11 Å². The number of hydrogen-bond acceptors (Lipinski definition) is 4. The van der Waals surface area contributed by atoms with Crippen molar-refractivity contribution in [3.8, 4) is 11.6 Å². The van der Waals surface area contributed by atoms with E-state index in [1.807, 2.05) is 25.6 Å². The fraction of sp³-hybridized carbons (Fsp3) is 0.308. The predicted octanol–water partition coefficient (Wildman–Crippen LogP) is 1.88. The van der Waals surface area contributed by atoms with Gasteiger partial charge in [-0.05, 0) is 30.7 Å². The van der Waals surface area contributed by atoms with Gasteiger partial charge in [-0.25, -0.2) is 0 Å². The topological polar surface area (TPSA) is 53.3 Å². The number of nitrogens with one attached hydrogen (secondary N) is 1. The Balaban J connectivity index is 2.19. The molecule has 1 aliphatic rings. The molecular formula is C13H16N4O. The molecule has 2 aromatic rings. The minimum absolute atomic E-state index is 0.0852. The van der Waals surface area contributed by atoms with E-state index < -0.39 is 0 Å². The molecule has 0 spiro atoms. The number of rotatable bonds is 1. The first-order chi connectivity index (χ1) is 8.58. The van der Waals surface area contributed by atoms with Crippen LogP contribution in [-0.2, 0) is 6.54 Å². The highest BCUT2D eigenvalue weighted by Crippen LogP contribution is 2.33. The Morgan fingerprint density at radius 3 is 2.89 bits per heavy atom. The lowest BCUT2D eigenvalue weighted by molar-refractivity contribution is 0.452. The van der Waals surface area contributed by atoms with E-state index in [0.29, 0.717) is 5.95 Å². The molecule has 0 saturated carbocycles. The van der Waals surface area contributed by atoms with Crippen LogP contribution < -0.4 is 10.2 Å². The zero-order valence-electron chi connectivity index (χ0n) is 10.7. The third-order valence-corrected chi connectivity index (χ3v) is 3.34. The maximum absolute atomic E-state index is 9.70. The molecular weight excluding hydrogens is 228 g/mol. The molecule has 5 heteroatoms. The van der Waals surface area contributed by atoms with Crippen LogP contribution in [0.4, 0.5) is 11.6 Å². The summed E-state index contributed by atoms with van der Waals surface area (Å²) in [5.74, 6) is 0.789. The van der Waals surface area contributed by atoms with Crippen molar-refractivity contribution in [1.29, 1.82) is 0 Å². The van der Waals surface area contributed by atoms with E-state index in [1.165, 1.54) is 11.3 Å². The first-order valence-electron chi connectivity index (χ1n) is 5.90. The Kier molecular flexibility index (Phi) is 2.23. The van der Waals surface area contributed by atoms with Crippen LogP contribution in [0.3, 0.4) is 0 Å². The van der Waals surface area contributed by atoms with Gasteiger partial charge in [0.1, 0.15) is 0 Å². The summed E-state index contributed by atoms with van der Waals surface area (Å²) in [4.78, 5) is 6.18. The van der Waals surface area contributed by atoms with Crippen LogP contribution in [0.2, 0.25) is 0 Å². The minimum atomic E-state index is 0.0852. The van der Waals surface area contributed by atoms with Crippen molar-refractivity contribution in [2.75, 3.05) is 24.3 Å². The van der Waals surface area contributed by atoms with Crippen molar-refractivity contribution in [2.24, 2.45) is 0 Å². The van der Waals surface area contributed by atoms with Crippen LogP contribution in [0, 0.1) is 6.92 Å². The summed E-state index contributed by atoms with van der Waals surface area (Å²) >= 11 is 0. The molecule has 2 heterocycles. The monoisotopic (exact) mass is 244 g/mol. The van der Waals surface area contributed by atoms with Gasteiger partial charge in [-0.3, -0.25) is 4.57 Å². The molecule has 0 atom stereocenters. The fourth-order valence-electron chi connectivity index (χ4n) is 2.29. The molecule has 18 heavy (non-hydrogen) atoms. The largest absolute Gasteiger partial charge is 0.492 e. The predicted molar refractivity (Wildman–Crippen MR) is 71.6 cm³/mol. The second-order valence-corrected chi connectivity index (χ2v) is 4.74. The highest BCUT2D eigenvalue weighted by atomic mass is 16.3. The number of fused-ring (bicyclic) bond motifs is 3. The summed E-state index contributed by atoms with van der Waals surface area (Å²) in [6, 6.07) is 6.30. The fourth-order valence-corrected chi connectivity index (χ4v) is 2.29. The van der Waals surface area contributed by atoms with Gasteiger partial charge < -0.3 is 15.3 Å². The summed E-state index contributed by atoms with van der Waals surface area (Å²) in [5.41, 5.74) is 4.21. The molecule has 0 fully saturated rings. The molecule has 0 saturated heterocycles. The Labute approximate surface area is 106 Å². The van der Waals surface area contributed by atoms with Gasteiger partial charge in [0.15, 0.2) is 0 Å². The second-order valence-electron chi connectivity index (χ2n) is 4.74. The van der Waals surface area contributed by atoms with E-state index in [-0.39, 0.29) is 5.88 Å². The first kappa shape index (κ1) is 11.0. The quantitative estimate of drug-likeness (QED) is 0.804. The standard InChI is InChI=1S/C13H16N4O/c1-8-12(18)15-13-14-7-9-6-10(16(2)3)4-5-11(9)17(8)13/h4-6,18H,7H2,1-3H3,(H,14,15). The van der Waals surface area contributed by atoms with Crippen molar-refractivity contribution in [3.63, 3.8) is 0 Å². The van der Waals surface area contributed by atoms with Crippen LogP contribution in [0.25, 0.3) is 5.69 Å². The lowest BCUT2D eigenvalue weighted by Gasteiger charge is -2.23. The number of imidazole rings is 1. The summed E-state index contributed by atoms with van der Waals surface area (Å²) in [6.07, 6.45) is 0. The third kappa shape index (κ3) is 1.44. The van der Waals surface area contributed by atoms with Crippen LogP contribution in [0.15, 0.2) is 18.2 Å². The smallest absolute Gasteiger partial charge is 0.234 e. The summed E-state index contributed by atoms with van der Waals surface area (Å²) in [5, 5.41) is 12.9. The first-order valence-corrected chi connectivity index (χ1v) is 5.90. The van der Waals surface area contributed by atoms with E-state index in [2.05, 4.69) is 33.4 Å². The van der Waals surface area contributed by atoms with E-state index in [1.54, 1.807) is 0 Å². The van der Waals surface area contributed by atoms with Crippen LogP contribution in [0.1, 0.15) is 11.3 Å². The van der Waals surface area contributed by atoms with Crippen LogP contribution >= 0.6 is 0 Å². The highest BCUT2D eigenvalue weighted by molar-refractivity contribution is 5.61. The molecule has 0 radical (unpaired) electrons. The van der Waals surface area contributed by atoms with Gasteiger partial charge in [-0.2, -0.15) is 4.98 Å². The van der Waals surface area contributed by atoms with Gasteiger partial charge in [0.25, 0.3) is 0 Å².